The highest BCUT2D eigenvalue weighted by Crippen LogP contribution is 2.27. The summed E-state index contributed by atoms with van der Waals surface area (Å²) in [5.41, 5.74) is 0.765. The first kappa shape index (κ1) is 12.9. The third-order valence-corrected chi connectivity index (χ3v) is 4.17. The van der Waals surface area contributed by atoms with E-state index in [4.69, 9.17) is 11.6 Å². The fourth-order valence-electron chi connectivity index (χ4n) is 2.75. The number of halogens is 1. The number of hydrogen-bond acceptors (Lipinski definition) is 3. The van der Waals surface area contributed by atoms with Crippen molar-refractivity contribution >= 4 is 17.2 Å². The summed E-state index contributed by atoms with van der Waals surface area (Å²) < 4.78 is 1.78. The molecule has 2 aromatic heterocycles. The lowest BCUT2D eigenvalue weighted by molar-refractivity contribution is 0.165. The van der Waals surface area contributed by atoms with Crippen molar-refractivity contribution in [3.05, 3.63) is 29.2 Å². The van der Waals surface area contributed by atoms with Crippen LogP contribution in [-0.2, 0) is 0 Å². The van der Waals surface area contributed by atoms with Gasteiger partial charge in [-0.05, 0) is 45.4 Å². The SMILES string of the molecule is CC(C)N1CCCC(c2nc3c(Cl)cccn3n2)C1. The van der Waals surface area contributed by atoms with Crippen LogP contribution < -0.4 is 0 Å². The number of aromatic nitrogens is 3. The standard InChI is InChI=1S/C14H19ClN4/c1-10(2)18-7-3-5-11(9-18)13-16-14-12(15)6-4-8-19(14)17-13/h4,6,8,10-11H,3,5,7,9H2,1-2H3. The number of nitrogens with zero attached hydrogens (tertiary/aromatic N) is 4. The van der Waals surface area contributed by atoms with Gasteiger partial charge in [-0.25, -0.2) is 9.50 Å². The number of hydrogen-bond donors (Lipinski definition) is 0. The second-order valence-corrected chi connectivity index (χ2v) is 5.93. The summed E-state index contributed by atoms with van der Waals surface area (Å²) in [6, 6.07) is 4.34. The molecule has 2 aromatic rings. The first-order chi connectivity index (χ1) is 9.15. The topological polar surface area (TPSA) is 33.4 Å². The summed E-state index contributed by atoms with van der Waals surface area (Å²) in [6.45, 7) is 6.72. The van der Waals surface area contributed by atoms with E-state index in [0.717, 1.165) is 24.4 Å². The zero-order valence-corrected chi connectivity index (χ0v) is 12.1. The molecule has 0 bridgehead atoms. The summed E-state index contributed by atoms with van der Waals surface area (Å²) in [5.74, 6) is 1.35. The zero-order valence-electron chi connectivity index (χ0n) is 11.4. The number of rotatable bonds is 2. The molecule has 1 fully saturated rings. The van der Waals surface area contributed by atoms with E-state index < -0.39 is 0 Å². The molecule has 4 nitrogen and oxygen atoms in total. The Labute approximate surface area is 118 Å². The lowest BCUT2D eigenvalue weighted by atomic mass is 9.96. The highest BCUT2D eigenvalue weighted by Gasteiger charge is 2.26. The summed E-state index contributed by atoms with van der Waals surface area (Å²) in [4.78, 5) is 7.12. The summed E-state index contributed by atoms with van der Waals surface area (Å²) in [6.07, 6.45) is 4.28. The largest absolute Gasteiger partial charge is 0.300 e. The Bertz CT molecular complexity index is 578. The summed E-state index contributed by atoms with van der Waals surface area (Å²) >= 11 is 6.15. The van der Waals surface area contributed by atoms with Gasteiger partial charge < -0.3 is 4.90 Å². The van der Waals surface area contributed by atoms with Crippen LogP contribution in [0.15, 0.2) is 18.3 Å². The highest BCUT2D eigenvalue weighted by molar-refractivity contribution is 6.33. The molecule has 0 aromatic carbocycles. The summed E-state index contributed by atoms with van der Waals surface area (Å²) in [7, 11) is 0. The Morgan fingerprint density at radius 2 is 2.26 bits per heavy atom. The minimum Gasteiger partial charge on any atom is -0.300 e. The molecule has 1 saturated heterocycles. The molecule has 0 spiro atoms. The monoisotopic (exact) mass is 278 g/mol. The fourth-order valence-corrected chi connectivity index (χ4v) is 2.95. The van der Waals surface area contributed by atoms with Gasteiger partial charge in [0.2, 0.25) is 0 Å². The molecular formula is C14H19ClN4. The van der Waals surface area contributed by atoms with E-state index in [1.54, 1.807) is 4.52 Å². The maximum atomic E-state index is 6.15. The van der Waals surface area contributed by atoms with Gasteiger partial charge in [-0.2, -0.15) is 5.10 Å². The van der Waals surface area contributed by atoms with Gasteiger partial charge in [0.1, 0.15) is 0 Å². The molecule has 0 aliphatic carbocycles. The van der Waals surface area contributed by atoms with Gasteiger partial charge in [-0.1, -0.05) is 11.6 Å². The number of pyridine rings is 1. The Morgan fingerprint density at radius 1 is 1.42 bits per heavy atom. The van der Waals surface area contributed by atoms with Crippen molar-refractivity contribution in [2.75, 3.05) is 13.1 Å². The third-order valence-electron chi connectivity index (χ3n) is 3.88. The number of piperidine rings is 1. The molecule has 3 rings (SSSR count). The Hall–Kier alpha value is -1.13. The molecule has 3 heterocycles. The molecule has 0 saturated carbocycles. The van der Waals surface area contributed by atoms with Gasteiger partial charge >= 0.3 is 0 Å². The second kappa shape index (κ2) is 5.10. The molecule has 1 unspecified atom stereocenters. The van der Waals surface area contributed by atoms with Crippen LogP contribution in [0.4, 0.5) is 0 Å². The van der Waals surface area contributed by atoms with Crippen LogP contribution in [0.3, 0.4) is 0 Å². The minimum absolute atomic E-state index is 0.423. The minimum atomic E-state index is 0.423. The van der Waals surface area contributed by atoms with Crippen molar-refractivity contribution < 1.29 is 0 Å². The van der Waals surface area contributed by atoms with E-state index in [1.165, 1.54) is 13.0 Å². The van der Waals surface area contributed by atoms with Crippen molar-refractivity contribution in [1.29, 1.82) is 0 Å². The van der Waals surface area contributed by atoms with Crippen LogP contribution in [0, 0.1) is 0 Å². The first-order valence-electron chi connectivity index (χ1n) is 6.90. The average molecular weight is 279 g/mol. The Balaban J connectivity index is 1.89. The average Bonchev–Trinajstić information content (AvgIpc) is 2.84. The van der Waals surface area contributed by atoms with Crippen LogP contribution in [0.5, 0.6) is 0 Å². The third kappa shape index (κ3) is 2.47. The van der Waals surface area contributed by atoms with Crippen molar-refractivity contribution in [3.63, 3.8) is 0 Å². The highest BCUT2D eigenvalue weighted by atomic mass is 35.5. The van der Waals surface area contributed by atoms with E-state index >= 15 is 0 Å². The fraction of sp³-hybridized carbons (Fsp3) is 0.571. The molecule has 19 heavy (non-hydrogen) atoms. The van der Waals surface area contributed by atoms with Crippen LogP contribution in [-0.4, -0.2) is 38.6 Å². The maximum absolute atomic E-state index is 6.15. The smallest absolute Gasteiger partial charge is 0.174 e. The lowest BCUT2D eigenvalue weighted by Gasteiger charge is -2.34. The predicted octanol–water partition coefficient (Wildman–Crippen LogP) is 2.97. The van der Waals surface area contributed by atoms with Crippen molar-refractivity contribution in [2.45, 2.75) is 38.6 Å². The first-order valence-corrected chi connectivity index (χ1v) is 7.28. The van der Waals surface area contributed by atoms with Crippen molar-refractivity contribution in [2.24, 2.45) is 0 Å². The van der Waals surface area contributed by atoms with Gasteiger partial charge in [0.15, 0.2) is 11.5 Å². The molecule has 102 valence electrons. The molecular weight excluding hydrogens is 260 g/mol. The van der Waals surface area contributed by atoms with Gasteiger partial charge in [0.05, 0.1) is 5.02 Å². The molecule has 1 aliphatic heterocycles. The van der Waals surface area contributed by atoms with E-state index in [9.17, 15) is 0 Å². The molecule has 0 N–H and O–H groups in total. The number of likely N-dealkylation sites (tertiary alicyclic amines) is 1. The van der Waals surface area contributed by atoms with Crippen LogP contribution >= 0.6 is 11.6 Å². The van der Waals surface area contributed by atoms with Crippen LogP contribution in [0.25, 0.3) is 5.65 Å². The lowest BCUT2D eigenvalue weighted by Crippen LogP contribution is -2.39. The van der Waals surface area contributed by atoms with Crippen molar-refractivity contribution in [1.82, 2.24) is 19.5 Å². The maximum Gasteiger partial charge on any atom is 0.174 e. The van der Waals surface area contributed by atoms with E-state index in [0.29, 0.717) is 17.0 Å². The van der Waals surface area contributed by atoms with Gasteiger partial charge in [-0.3, -0.25) is 0 Å². The predicted molar refractivity (Wildman–Crippen MR) is 76.7 cm³/mol. The van der Waals surface area contributed by atoms with Gasteiger partial charge in [0.25, 0.3) is 0 Å². The molecule has 0 amide bonds. The van der Waals surface area contributed by atoms with Crippen LogP contribution in [0.1, 0.15) is 38.4 Å². The van der Waals surface area contributed by atoms with Gasteiger partial charge in [-0.15, -0.1) is 0 Å². The molecule has 0 radical (unpaired) electrons. The number of fused-ring (bicyclic) bond motifs is 1. The quantitative estimate of drug-likeness (QED) is 0.847. The van der Waals surface area contributed by atoms with Crippen LogP contribution in [0.2, 0.25) is 5.02 Å². The van der Waals surface area contributed by atoms with Gasteiger partial charge in [0, 0.05) is 24.7 Å². The molecule has 1 aliphatic rings. The Kier molecular flexibility index (Phi) is 3.46. The molecule has 5 heteroatoms. The van der Waals surface area contributed by atoms with E-state index in [1.807, 2.05) is 18.3 Å². The normalized spacial score (nSPS) is 21.4. The van der Waals surface area contributed by atoms with E-state index in [-0.39, 0.29) is 0 Å². The van der Waals surface area contributed by atoms with Crippen molar-refractivity contribution in [3.8, 4) is 0 Å². The zero-order chi connectivity index (χ0) is 13.4. The summed E-state index contributed by atoms with van der Waals surface area (Å²) in [5, 5.41) is 5.25. The van der Waals surface area contributed by atoms with E-state index in [2.05, 4.69) is 28.8 Å². The second-order valence-electron chi connectivity index (χ2n) is 5.52. The molecule has 1 atom stereocenters. The Morgan fingerprint density at radius 3 is 3.00 bits per heavy atom.